The van der Waals surface area contributed by atoms with E-state index in [4.69, 9.17) is 26.2 Å². The molecular formula is C52H72ClFN8O10S. The molecule has 0 radical (unpaired) electrons. The number of benzene rings is 2. The Balaban J connectivity index is 0.000000315. The van der Waals surface area contributed by atoms with Gasteiger partial charge in [-0.3, -0.25) is 29.0 Å². The number of carbonyl (C=O) groups is 5. The maximum absolute atomic E-state index is 14.4. The highest BCUT2D eigenvalue weighted by Crippen LogP contribution is 2.46. The Morgan fingerprint density at radius 2 is 1.79 bits per heavy atom. The lowest BCUT2D eigenvalue weighted by Crippen LogP contribution is -2.60. The summed E-state index contributed by atoms with van der Waals surface area (Å²) in [6.07, 6.45) is 3.61. The van der Waals surface area contributed by atoms with E-state index < -0.39 is 91.7 Å². The number of ether oxygens (including phenoxy) is 2. The van der Waals surface area contributed by atoms with Crippen molar-refractivity contribution in [2.75, 3.05) is 38.1 Å². The molecule has 1 aromatic heterocycles. The summed E-state index contributed by atoms with van der Waals surface area (Å²) in [5.41, 5.74) is -0.337. The predicted octanol–water partition coefficient (Wildman–Crippen LogP) is 6.64. The van der Waals surface area contributed by atoms with E-state index in [2.05, 4.69) is 51.0 Å². The molecule has 5 amide bonds. The molecular weight excluding hydrogens is 983 g/mol. The highest BCUT2D eigenvalue weighted by Gasteiger charge is 2.62. The van der Waals surface area contributed by atoms with Gasteiger partial charge in [0.25, 0.3) is 5.91 Å². The number of halogens is 2. The molecule has 3 heterocycles. The molecule has 0 spiro atoms. The second kappa shape index (κ2) is 23.3. The molecule has 1 unspecified atom stereocenters. The molecule has 1 saturated heterocycles. The van der Waals surface area contributed by atoms with Crippen LogP contribution in [0.4, 0.5) is 19.7 Å². The van der Waals surface area contributed by atoms with E-state index in [1.54, 1.807) is 53.7 Å². The molecule has 21 heteroatoms. The molecule has 6 atom stereocenters. The molecule has 2 aliphatic heterocycles. The minimum Gasteiger partial charge on any atom is -0.444 e. The average molecular weight is 1060 g/mol. The fraction of sp³-hybridized carbons (Fsp3) is 0.577. The third kappa shape index (κ3) is 14.6. The van der Waals surface area contributed by atoms with Gasteiger partial charge in [-0.05, 0) is 114 Å². The maximum atomic E-state index is 14.4. The van der Waals surface area contributed by atoms with E-state index >= 15 is 0 Å². The van der Waals surface area contributed by atoms with Crippen LogP contribution in [0.5, 0.6) is 0 Å². The second-order valence-corrected chi connectivity index (χ2v) is 23.9. The van der Waals surface area contributed by atoms with E-state index in [9.17, 15) is 36.8 Å². The number of nitrogens with zero attached hydrogens (tertiary/aromatic N) is 4. The van der Waals surface area contributed by atoms with Gasteiger partial charge in [0.2, 0.25) is 21.8 Å². The number of aliphatic hydroxyl groups excluding tert-OH is 1. The first-order valence-electron chi connectivity index (χ1n) is 25.0. The normalized spacial score (nSPS) is 21.3. The van der Waals surface area contributed by atoms with Crippen LogP contribution in [0.15, 0.2) is 61.3 Å². The van der Waals surface area contributed by atoms with Gasteiger partial charge in [0, 0.05) is 59.3 Å². The van der Waals surface area contributed by atoms with Crippen molar-refractivity contribution in [2.45, 2.75) is 148 Å². The van der Waals surface area contributed by atoms with Crippen LogP contribution in [0.3, 0.4) is 0 Å². The SMILES string of the molecule is C=C[C@@H]1C[C@]1(NC(=O)[C@@H]1C[C@@H](OC(=O)N2Cc3cccc(F)c3C2)CN1C(=O)[C@@H](NC(=O)OC(C)(C)C)C(C)(C)C)C(=O)NS(=O)(=O)C1CC1.CCN(CCO)CCCC(C)Nc1ccnc2cc(Cl)ccc12. The maximum Gasteiger partial charge on any atom is 0.410 e. The molecule has 7 rings (SSSR count). The summed E-state index contributed by atoms with van der Waals surface area (Å²) in [6.45, 7) is 21.1. The molecule has 2 saturated carbocycles. The first-order chi connectivity index (χ1) is 34.3. The first kappa shape index (κ1) is 56.7. The smallest absolute Gasteiger partial charge is 0.410 e. The van der Waals surface area contributed by atoms with Gasteiger partial charge in [-0.25, -0.2) is 22.4 Å². The number of aromatic nitrogens is 1. The molecule has 18 nitrogen and oxygen atoms in total. The Labute approximate surface area is 433 Å². The van der Waals surface area contributed by atoms with Crippen LogP contribution in [-0.4, -0.2) is 137 Å². The number of rotatable bonds is 18. The van der Waals surface area contributed by atoms with Gasteiger partial charge in [-0.1, -0.05) is 57.5 Å². The minimum absolute atomic E-state index is 0.0175. The quantitative estimate of drug-likeness (QED) is 0.0843. The van der Waals surface area contributed by atoms with Gasteiger partial charge in [-0.15, -0.1) is 6.58 Å². The van der Waals surface area contributed by atoms with Crippen molar-refractivity contribution in [3.05, 3.63) is 83.3 Å². The number of likely N-dealkylation sites (N-methyl/N-ethyl adjacent to an activating group) is 1. The van der Waals surface area contributed by atoms with Crippen LogP contribution in [0.2, 0.25) is 5.02 Å². The number of alkyl carbamates (subject to hydrolysis) is 1. The van der Waals surface area contributed by atoms with Gasteiger partial charge in [0.05, 0.1) is 30.5 Å². The number of fused-ring (bicyclic) bond motifs is 2. The summed E-state index contributed by atoms with van der Waals surface area (Å²) in [5.74, 6) is -3.36. The van der Waals surface area contributed by atoms with E-state index in [0.717, 1.165) is 49.1 Å². The lowest BCUT2D eigenvalue weighted by molar-refractivity contribution is -0.143. The van der Waals surface area contributed by atoms with Crippen LogP contribution >= 0.6 is 11.6 Å². The number of hydrogen-bond donors (Lipinski definition) is 5. The molecule has 73 heavy (non-hydrogen) atoms. The van der Waals surface area contributed by atoms with Crippen LogP contribution < -0.4 is 20.7 Å². The Morgan fingerprint density at radius 1 is 1.07 bits per heavy atom. The molecule has 3 fully saturated rings. The van der Waals surface area contributed by atoms with E-state index in [-0.39, 0.29) is 39.1 Å². The summed E-state index contributed by atoms with van der Waals surface area (Å²) in [6, 6.07) is 10.3. The van der Waals surface area contributed by atoms with Crippen molar-refractivity contribution in [3.63, 3.8) is 0 Å². The van der Waals surface area contributed by atoms with Crippen molar-refractivity contribution >= 4 is 68.1 Å². The number of likely N-dealkylation sites (tertiary alicyclic amines) is 1. The number of pyridine rings is 1. The van der Waals surface area contributed by atoms with Crippen molar-refractivity contribution < 1.29 is 51.4 Å². The third-order valence-corrected chi connectivity index (χ3v) is 15.5. The summed E-state index contributed by atoms with van der Waals surface area (Å²) in [4.78, 5) is 77.0. The zero-order chi connectivity index (χ0) is 53.6. The molecule has 2 aliphatic carbocycles. The third-order valence-electron chi connectivity index (χ3n) is 13.4. The highest BCUT2D eigenvalue weighted by atomic mass is 35.5. The standard InChI is InChI=1S/C34H46FN5O9S.C18H26ClN3O/c1-8-20-15-34(20,29(43)38-50(46,47)22-12-13-22)37-27(41)25-14-21(48-31(45)39-16-19-10-9-11-24(35)23(19)18-39)17-40(25)28(42)26(32(2,3)4)36-30(44)49-33(5,6)7;1-3-22(11-12-23)10-4-5-14(2)21-17-8-9-20-18-13-15(19)6-7-16(17)18/h8-11,20-22,25-26H,1,12-18H2,2-7H3,(H,36,44)(H,37,41)(H,38,43);6-9,13-14,23H,3-5,10-12H2,1-2H3,(H,20,21)/t20-,21-,25+,26-,34-;/m1./s1. The van der Waals surface area contributed by atoms with Gasteiger partial charge in [0.15, 0.2) is 0 Å². The van der Waals surface area contributed by atoms with E-state index in [1.807, 2.05) is 30.5 Å². The van der Waals surface area contributed by atoms with Gasteiger partial charge in [0.1, 0.15) is 35.1 Å². The highest BCUT2D eigenvalue weighted by molar-refractivity contribution is 7.91. The number of nitrogens with one attached hydrogen (secondary N) is 4. The lowest BCUT2D eigenvalue weighted by atomic mass is 9.85. The van der Waals surface area contributed by atoms with Gasteiger partial charge >= 0.3 is 12.2 Å². The fourth-order valence-corrected chi connectivity index (χ4v) is 10.7. The predicted molar refractivity (Wildman–Crippen MR) is 276 cm³/mol. The Bertz CT molecular complexity index is 2640. The summed E-state index contributed by atoms with van der Waals surface area (Å²) >= 11 is 6.03. The number of amides is 5. The van der Waals surface area contributed by atoms with E-state index in [1.165, 1.54) is 21.9 Å². The van der Waals surface area contributed by atoms with Crippen molar-refractivity contribution in [1.29, 1.82) is 0 Å². The Kier molecular flexibility index (Phi) is 18.1. The van der Waals surface area contributed by atoms with Gasteiger partial charge < -0.3 is 40.3 Å². The number of anilines is 1. The van der Waals surface area contributed by atoms with Crippen LogP contribution in [0.1, 0.15) is 105 Å². The monoisotopic (exact) mass is 1050 g/mol. The summed E-state index contributed by atoms with van der Waals surface area (Å²) in [7, 11) is -3.93. The molecule has 400 valence electrons. The number of aliphatic hydroxyl groups is 1. The summed E-state index contributed by atoms with van der Waals surface area (Å²) in [5, 5.41) is 19.0. The molecule has 4 aliphatic rings. The first-order valence-corrected chi connectivity index (χ1v) is 26.9. The number of sulfonamides is 1. The zero-order valence-corrected chi connectivity index (χ0v) is 44.7. The number of carbonyl (C=O) groups excluding carboxylic acids is 5. The Hall–Kier alpha value is -5.57. The van der Waals surface area contributed by atoms with Crippen molar-refractivity contribution in [3.8, 4) is 0 Å². The topological polar surface area (TPSA) is 229 Å². The van der Waals surface area contributed by atoms with Crippen LogP contribution in [0.25, 0.3) is 10.9 Å². The van der Waals surface area contributed by atoms with Crippen LogP contribution in [0, 0.1) is 17.2 Å². The van der Waals surface area contributed by atoms with Crippen LogP contribution in [-0.2, 0) is 47.0 Å². The molecule has 2 aromatic carbocycles. The second-order valence-electron chi connectivity index (χ2n) is 21.5. The zero-order valence-electron chi connectivity index (χ0n) is 43.1. The lowest BCUT2D eigenvalue weighted by Gasteiger charge is -2.36. The van der Waals surface area contributed by atoms with Crippen molar-refractivity contribution in [2.24, 2.45) is 11.3 Å². The van der Waals surface area contributed by atoms with Crippen molar-refractivity contribution in [1.82, 2.24) is 35.0 Å². The summed E-state index contributed by atoms with van der Waals surface area (Å²) < 4.78 is 52.9. The number of hydrogen-bond acceptors (Lipinski definition) is 13. The van der Waals surface area contributed by atoms with Gasteiger partial charge in [-0.2, -0.15) is 0 Å². The molecule has 3 aromatic rings. The largest absolute Gasteiger partial charge is 0.444 e. The average Bonchev–Trinajstić information content (AvgIpc) is 4.20. The molecule has 0 bridgehead atoms. The fourth-order valence-electron chi connectivity index (χ4n) is 9.14. The minimum atomic E-state index is -3.93. The van der Waals surface area contributed by atoms with E-state index in [0.29, 0.717) is 35.0 Å². The Morgan fingerprint density at radius 3 is 2.41 bits per heavy atom. The molecule has 5 N–H and O–H groups in total.